The number of amides is 1. The first-order valence-electron chi connectivity index (χ1n) is 12.7. The topological polar surface area (TPSA) is 98.2 Å². The molecule has 5 rings (SSSR count). The summed E-state index contributed by atoms with van der Waals surface area (Å²) >= 11 is 1.28. The third kappa shape index (κ3) is 5.05. The number of Topliss-reactive ketones (excluding diaryl/α,β-unsaturated/α-hetero) is 1. The molecule has 1 aromatic heterocycles. The molecule has 0 radical (unpaired) electrons. The first-order valence-corrected chi connectivity index (χ1v) is 13.5. The number of thiazole rings is 1. The minimum Gasteiger partial charge on any atom is -0.507 e. The van der Waals surface area contributed by atoms with Gasteiger partial charge in [0.05, 0.1) is 42.2 Å². The molecular formula is C30H28N2O6S. The van der Waals surface area contributed by atoms with Crippen LogP contribution in [0.25, 0.3) is 16.0 Å². The number of hydrogen-bond acceptors (Lipinski definition) is 8. The Morgan fingerprint density at radius 2 is 1.72 bits per heavy atom. The summed E-state index contributed by atoms with van der Waals surface area (Å²) < 4.78 is 17.4. The lowest BCUT2D eigenvalue weighted by atomic mass is 9.95. The van der Waals surface area contributed by atoms with Crippen molar-refractivity contribution in [3.05, 3.63) is 83.4 Å². The summed E-state index contributed by atoms with van der Waals surface area (Å²) in [5.41, 5.74) is 1.66. The van der Waals surface area contributed by atoms with Crippen molar-refractivity contribution in [1.82, 2.24) is 4.98 Å². The number of ketones is 1. The molecule has 2 heterocycles. The summed E-state index contributed by atoms with van der Waals surface area (Å²) in [6, 6.07) is 18.5. The first kappa shape index (κ1) is 26.2. The number of ether oxygens (including phenoxy) is 3. The number of methoxy groups -OCH3 is 1. The number of aromatic nitrogens is 1. The molecule has 1 aliphatic heterocycles. The van der Waals surface area contributed by atoms with Gasteiger partial charge >= 0.3 is 5.91 Å². The normalized spacial score (nSPS) is 16.6. The zero-order chi connectivity index (χ0) is 27.5. The largest absolute Gasteiger partial charge is 0.507 e. The first-order chi connectivity index (χ1) is 18.9. The predicted molar refractivity (Wildman–Crippen MR) is 151 cm³/mol. The predicted octanol–water partition coefficient (Wildman–Crippen LogP) is 6.12. The van der Waals surface area contributed by atoms with Crippen LogP contribution in [0.1, 0.15) is 37.4 Å². The number of anilines is 1. The molecule has 1 aliphatic rings. The molecule has 1 unspecified atom stereocenters. The fraction of sp³-hybridized carbons (Fsp3) is 0.233. The highest BCUT2D eigenvalue weighted by Crippen LogP contribution is 2.45. The van der Waals surface area contributed by atoms with Crippen LogP contribution in [0.15, 0.2) is 72.3 Å². The van der Waals surface area contributed by atoms with Crippen LogP contribution in [0.2, 0.25) is 0 Å². The zero-order valence-corrected chi connectivity index (χ0v) is 22.7. The number of nitrogens with zero attached hydrogens (tertiary/aromatic N) is 2. The molecular weight excluding hydrogens is 516 g/mol. The van der Waals surface area contributed by atoms with Gasteiger partial charge in [0, 0.05) is 5.56 Å². The van der Waals surface area contributed by atoms with Crippen LogP contribution in [-0.4, -0.2) is 42.1 Å². The average Bonchev–Trinajstić information content (AvgIpc) is 3.49. The highest BCUT2D eigenvalue weighted by molar-refractivity contribution is 7.22. The molecule has 1 N–H and O–H groups in total. The number of hydrogen-bond donors (Lipinski definition) is 1. The van der Waals surface area contributed by atoms with Crippen molar-refractivity contribution >= 4 is 44.1 Å². The van der Waals surface area contributed by atoms with E-state index >= 15 is 0 Å². The molecule has 200 valence electrons. The van der Waals surface area contributed by atoms with E-state index in [0.717, 1.165) is 11.1 Å². The van der Waals surface area contributed by atoms with Gasteiger partial charge in [-0.2, -0.15) is 0 Å². The Morgan fingerprint density at radius 3 is 2.44 bits per heavy atom. The monoisotopic (exact) mass is 544 g/mol. The number of benzene rings is 3. The highest BCUT2D eigenvalue weighted by atomic mass is 32.1. The lowest BCUT2D eigenvalue weighted by molar-refractivity contribution is -0.132. The molecule has 1 saturated heterocycles. The molecule has 8 nitrogen and oxygen atoms in total. The van der Waals surface area contributed by atoms with Crippen molar-refractivity contribution in [2.24, 2.45) is 0 Å². The van der Waals surface area contributed by atoms with Crippen LogP contribution in [0.5, 0.6) is 17.2 Å². The molecule has 9 heteroatoms. The van der Waals surface area contributed by atoms with E-state index < -0.39 is 17.7 Å². The summed E-state index contributed by atoms with van der Waals surface area (Å²) in [5.74, 6) is 0.0483. The number of rotatable bonds is 9. The van der Waals surface area contributed by atoms with Gasteiger partial charge in [-0.25, -0.2) is 4.98 Å². The van der Waals surface area contributed by atoms with Crippen molar-refractivity contribution in [2.45, 2.75) is 26.3 Å². The Labute approximate surface area is 230 Å². The Morgan fingerprint density at radius 1 is 0.974 bits per heavy atom. The number of aliphatic hydroxyl groups is 1. The lowest BCUT2D eigenvalue weighted by Gasteiger charge is -2.23. The zero-order valence-electron chi connectivity index (χ0n) is 21.8. The quantitative estimate of drug-likeness (QED) is 0.154. The van der Waals surface area contributed by atoms with Crippen LogP contribution >= 0.6 is 11.3 Å². The van der Waals surface area contributed by atoms with Gasteiger partial charge in [0.2, 0.25) is 0 Å². The van der Waals surface area contributed by atoms with Gasteiger partial charge in [-0.05, 0) is 61.4 Å². The van der Waals surface area contributed by atoms with Gasteiger partial charge < -0.3 is 19.3 Å². The number of carbonyl (C=O) groups excluding carboxylic acids is 2. The Balaban J connectivity index is 1.65. The van der Waals surface area contributed by atoms with Crippen molar-refractivity contribution in [2.75, 3.05) is 25.2 Å². The second-order valence-corrected chi connectivity index (χ2v) is 9.89. The van der Waals surface area contributed by atoms with Crippen LogP contribution in [0.3, 0.4) is 0 Å². The number of fused-ring (bicyclic) bond motifs is 1. The van der Waals surface area contributed by atoms with Gasteiger partial charge in [0.25, 0.3) is 5.78 Å². The second kappa shape index (κ2) is 11.2. The Hall–Kier alpha value is -4.37. The summed E-state index contributed by atoms with van der Waals surface area (Å²) in [4.78, 5) is 33.1. The van der Waals surface area contributed by atoms with Crippen LogP contribution in [0, 0.1) is 0 Å². The van der Waals surface area contributed by atoms with Gasteiger partial charge in [0.1, 0.15) is 23.0 Å². The van der Waals surface area contributed by atoms with Crippen LogP contribution < -0.4 is 19.1 Å². The standard InChI is InChI=1S/C30H28N2O6S/c1-4-15-38-21-8-6-7-19(16-21)27(33)25-26(18-9-11-20(36-3)12-10-18)32(29(35)28(25)34)30-31-23-14-13-22(37-5-2)17-24(23)39-30/h6-14,16-17,26,33H,4-5,15H2,1-3H3/b27-25+. The van der Waals surface area contributed by atoms with E-state index in [0.29, 0.717) is 52.2 Å². The maximum absolute atomic E-state index is 13.5. The van der Waals surface area contributed by atoms with E-state index in [1.807, 2.05) is 32.0 Å². The smallest absolute Gasteiger partial charge is 0.301 e. The SMILES string of the molecule is CCCOc1cccc(/C(O)=C2\C(=O)C(=O)N(c3nc4ccc(OCC)cc4s3)C2c2ccc(OC)cc2)c1. The van der Waals surface area contributed by atoms with E-state index in [1.165, 1.54) is 16.2 Å². The lowest BCUT2D eigenvalue weighted by Crippen LogP contribution is -2.29. The molecule has 1 fully saturated rings. The maximum atomic E-state index is 13.5. The van der Waals surface area contributed by atoms with E-state index in [1.54, 1.807) is 55.6 Å². The van der Waals surface area contributed by atoms with Gasteiger partial charge in [0.15, 0.2) is 5.13 Å². The van der Waals surface area contributed by atoms with Crippen molar-refractivity contribution in [3.8, 4) is 17.2 Å². The highest BCUT2D eigenvalue weighted by Gasteiger charge is 2.48. The van der Waals surface area contributed by atoms with Crippen molar-refractivity contribution in [1.29, 1.82) is 0 Å². The molecule has 1 atom stereocenters. The maximum Gasteiger partial charge on any atom is 0.301 e. The van der Waals surface area contributed by atoms with Crippen LogP contribution in [0.4, 0.5) is 5.13 Å². The third-order valence-corrected chi connectivity index (χ3v) is 7.34. The average molecular weight is 545 g/mol. The summed E-state index contributed by atoms with van der Waals surface area (Å²) in [5, 5.41) is 11.8. The summed E-state index contributed by atoms with van der Waals surface area (Å²) in [6.07, 6.45) is 0.826. The van der Waals surface area contributed by atoms with Gasteiger partial charge in [-0.3, -0.25) is 14.5 Å². The molecule has 4 aromatic rings. The second-order valence-electron chi connectivity index (χ2n) is 8.88. The molecule has 0 bridgehead atoms. The van der Waals surface area contributed by atoms with Crippen molar-refractivity contribution < 1.29 is 28.9 Å². The summed E-state index contributed by atoms with van der Waals surface area (Å²) in [7, 11) is 1.56. The van der Waals surface area contributed by atoms with E-state index in [4.69, 9.17) is 14.2 Å². The molecule has 3 aromatic carbocycles. The van der Waals surface area contributed by atoms with Gasteiger partial charge in [-0.15, -0.1) is 0 Å². The minimum atomic E-state index is -0.900. The molecule has 0 spiro atoms. The van der Waals surface area contributed by atoms with E-state index in [-0.39, 0.29) is 11.3 Å². The molecule has 0 aliphatic carbocycles. The van der Waals surface area contributed by atoms with Crippen molar-refractivity contribution in [3.63, 3.8) is 0 Å². The Kier molecular flexibility index (Phi) is 7.51. The molecule has 39 heavy (non-hydrogen) atoms. The van der Waals surface area contributed by atoms with E-state index in [2.05, 4.69) is 4.98 Å². The van der Waals surface area contributed by atoms with Gasteiger partial charge in [-0.1, -0.05) is 42.5 Å². The molecule has 1 amide bonds. The number of carbonyl (C=O) groups is 2. The fourth-order valence-corrected chi connectivity index (χ4v) is 5.51. The summed E-state index contributed by atoms with van der Waals surface area (Å²) in [6.45, 7) is 4.94. The minimum absolute atomic E-state index is 0.0212. The molecule has 0 saturated carbocycles. The Bertz CT molecular complexity index is 1560. The fourth-order valence-electron chi connectivity index (χ4n) is 4.49. The van der Waals surface area contributed by atoms with E-state index in [9.17, 15) is 14.7 Å². The third-order valence-electron chi connectivity index (χ3n) is 6.32. The van der Waals surface area contributed by atoms with Crippen LogP contribution in [-0.2, 0) is 9.59 Å². The number of aliphatic hydroxyl groups excluding tert-OH is 1.